The highest BCUT2D eigenvalue weighted by Gasteiger charge is 1.94. The van der Waals surface area contributed by atoms with Crippen LogP contribution in [0.5, 0.6) is 0 Å². The summed E-state index contributed by atoms with van der Waals surface area (Å²) in [5.41, 5.74) is 8.94. The summed E-state index contributed by atoms with van der Waals surface area (Å²) in [6, 6.07) is 0. The van der Waals surface area contributed by atoms with Crippen LogP contribution in [0.1, 0.15) is 26.2 Å². The molecular formula is C8H19N3O3. The van der Waals surface area contributed by atoms with Crippen LogP contribution in [0.3, 0.4) is 0 Å². The highest BCUT2D eigenvalue weighted by Crippen LogP contribution is 2.02. The summed E-state index contributed by atoms with van der Waals surface area (Å²) < 4.78 is 5.07. The first-order valence-electron chi connectivity index (χ1n) is 4.33. The minimum atomic E-state index is -0.833. The molecule has 1 heterocycles. The number of hydrogen-bond acceptors (Lipinski definition) is 3. The molecule has 0 aromatic carbocycles. The van der Waals surface area contributed by atoms with E-state index in [-0.39, 0.29) is 5.96 Å². The third kappa shape index (κ3) is 45.6. The van der Waals surface area contributed by atoms with Crippen LogP contribution < -0.4 is 11.5 Å². The number of carboxylic acids is 1. The highest BCUT2D eigenvalue weighted by atomic mass is 16.5. The van der Waals surface area contributed by atoms with E-state index in [4.69, 9.17) is 20.0 Å². The van der Waals surface area contributed by atoms with E-state index in [1.54, 1.807) is 0 Å². The molecule has 0 unspecified atom stereocenters. The molecular weight excluding hydrogens is 186 g/mol. The Labute approximate surface area is 83.7 Å². The monoisotopic (exact) mass is 205 g/mol. The molecule has 0 bridgehead atoms. The summed E-state index contributed by atoms with van der Waals surface area (Å²) >= 11 is 0. The third-order valence-electron chi connectivity index (χ3n) is 1.08. The number of hydrogen-bond donors (Lipinski definition) is 4. The van der Waals surface area contributed by atoms with E-state index in [2.05, 4.69) is 11.5 Å². The van der Waals surface area contributed by atoms with Crippen molar-refractivity contribution in [3.63, 3.8) is 0 Å². The zero-order chi connectivity index (χ0) is 11.4. The van der Waals surface area contributed by atoms with Crippen molar-refractivity contribution in [2.45, 2.75) is 26.2 Å². The SMILES string of the molecule is C1CCOCC1.CC(=O)O.N=C(N)N. The Bertz CT molecular complexity index is 126. The number of ether oxygens (including phenoxy) is 1. The molecule has 14 heavy (non-hydrogen) atoms. The molecule has 0 aromatic rings. The molecule has 0 atom stereocenters. The average molecular weight is 205 g/mol. The lowest BCUT2D eigenvalue weighted by Crippen LogP contribution is -2.20. The smallest absolute Gasteiger partial charge is 0.300 e. The molecule has 0 spiro atoms. The van der Waals surface area contributed by atoms with Crippen LogP contribution in [0.25, 0.3) is 0 Å². The van der Waals surface area contributed by atoms with Crippen molar-refractivity contribution >= 4 is 11.9 Å². The maximum atomic E-state index is 9.00. The third-order valence-corrected chi connectivity index (χ3v) is 1.08. The molecule has 1 rings (SSSR count). The molecule has 1 aliphatic rings. The van der Waals surface area contributed by atoms with Crippen LogP contribution in [0.4, 0.5) is 0 Å². The quantitative estimate of drug-likeness (QED) is 0.330. The molecule has 0 aliphatic carbocycles. The number of carboxylic acid groups (broad SMARTS) is 1. The largest absolute Gasteiger partial charge is 0.481 e. The summed E-state index contributed by atoms with van der Waals surface area (Å²) in [5, 5.41) is 13.5. The van der Waals surface area contributed by atoms with Gasteiger partial charge in [0.25, 0.3) is 5.97 Å². The first-order chi connectivity index (χ1) is 6.46. The predicted octanol–water partition coefficient (Wildman–Crippen LogP) is 0.116. The predicted molar refractivity (Wildman–Crippen MR) is 54.1 cm³/mol. The zero-order valence-corrected chi connectivity index (χ0v) is 8.45. The van der Waals surface area contributed by atoms with Crippen molar-refractivity contribution in [3.8, 4) is 0 Å². The van der Waals surface area contributed by atoms with Crippen molar-refractivity contribution in [1.82, 2.24) is 0 Å². The standard InChI is InChI=1S/C5H10O.C2H4O2.CH5N3/c1-2-4-6-5-3-1;1-2(3)4;2-1(3)4/h1-5H2;1H3,(H,3,4);(H5,2,3,4). The van der Waals surface area contributed by atoms with E-state index in [0.717, 1.165) is 20.1 Å². The fourth-order valence-electron chi connectivity index (χ4n) is 0.687. The van der Waals surface area contributed by atoms with Gasteiger partial charge in [-0.05, 0) is 19.3 Å². The van der Waals surface area contributed by atoms with E-state index in [9.17, 15) is 0 Å². The Morgan fingerprint density at radius 2 is 1.57 bits per heavy atom. The van der Waals surface area contributed by atoms with Gasteiger partial charge in [0.1, 0.15) is 0 Å². The molecule has 6 N–H and O–H groups in total. The summed E-state index contributed by atoms with van der Waals surface area (Å²) in [4.78, 5) is 9.00. The van der Waals surface area contributed by atoms with Crippen molar-refractivity contribution in [2.24, 2.45) is 11.5 Å². The second kappa shape index (κ2) is 11.7. The topological polar surface area (TPSA) is 122 Å². The minimum Gasteiger partial charge on any atom is -0.481 e. The normalized spacial score (nSPS) is 13.8. The molecule has 1 fully saturated rings. The second-order valence-corrected chi connectivity index (χ2v) is 2.65. The lowest BCUT2D eigenvalue weighted by molar-refractivity contribution is -0.134. The van der Waals surface area contributed by atoms with Crippen LogP contribution in [-0.4, -0.2) is 30.2 Å². The average Bonchev–Trinajstić information content (AvgIpc) is 2.05. The first-order valence-corrected chi connectivity index (χ1v) is 4.33. The van der Waals surface area contributed by atoms with Crippen LogP contribution in [0.15, 0.2) is 0 Å². The highest BCUT2D eigenvalue weighted by molar-refractivity contribution is 5.71. The van der Waals surface area contributed by atoms with Gasteiger partial charge in [-0.1, -0.05) is 0 Å². The van der Waals surface area contributed by atoms with E-state index in [1.807, 2.05) is 0 Å². The Morgan fingerprint density at radius 1 is 1.29 bits per heavy atom. The summed E-state index contributed by atoms with van der Waals surface area (Å²) in [6.07, 6.45) is 3.93. The van der Waals surface area contributed by atoms with E-state index in [0.29, 0.717) is 0 Å². The van der Waals surface area contributed by atoms with Gasteiger partial charge in [-0.15, -0.1) is 0 Å². The van der Waals surface area contributed by atoms with E-state index in [1.165, 1.54) is 19.3 Å². The lowest BCUT2D eigenvalue weighted by atomic mass is 10.2. The first kappa shape index (κ1) is 15.2. The Morgan fingerprint density at radius 3 is 1.64 bits per heavy atom. The molecule has 6 nitrogen and oxygen atoms in total. The van der Waals surface area contributed by atoms with Gasteiger partial charge in [-0.3, -0.25) is 10.2 Å². The molecule has 6 heteroatoms. The second-order valence-electron chi connectivity index (χ2n) is 2.65. The van der Waals surface area contributed by atoms with Gasteiger partial charge in [0.15, 0.2) is 5.96 Å². The fourth-order valence-corrected chi connectivity index (χ4v) is 0.687. The fraction of sp³-hybridized carbons (Fsp3) is 0.750. The van der Waals surface area contributed by atoms with Gasteiger partial charge in [-0.2, -0.15) is 0 Å². The number of aliphatic carboxylic acids is 1. The maximum Gasteiger partial charge on any atom is 0.300 e. The van der Waals surface area contributed by atoms with Crippen molar-refractivity contribution in [2.75, 3.05) is 13.2 Å². The molecule has 0 radical (unpaired) electrons. The Balaban J connectivity index is 0. The number of rotatable bonds is 0. The molecule has 0 saturated carbocycles. The Hall–Kier alpha value is -1.30. The number of guanidine groups is 1. The van der Waals surface area contributed by atoms with E-state index < -0.39 is 5.97 Å². The van der Waals surface area contributed by atoms with Gasteiger partial charge < -0.3 is 21.3 Å². The van der Waals surface area contributed by atoms with Crippen LogP contribution in [-0.2, 0) is 9.53 Å². The molecule has 1 saturated heterocycles. The van der Waals surface area contributed by atoms with Crippen molar-refractivity contribution in [1.29, 1.82) is 5.41 Å². The molecule has 1 aliphatic heterocycles. The van der Waals surface area contributed by atoms with Gasteiger partial charge in [-0.25, -0.2) is 0 Å². The molecule has 0 aromatic heterocycles. The van der Waals surface area contributed by atoms with Crippen LogP contribution in [0, 0.1) is 5.41 Å². The van der Waals surface area contributed by atoms with Gasteiger partial charge in [0.05, 0.1) is 0 Å². The minimum absolute atomic E-state index is 0.333. The van der Waals surface area contributed by atoms with E-state index >= 15 is 0 Å². The number of nitrogens with one attached hydrogen (secondary N) is 1. The lowest BCUT2D eigenvalue weighted by Gasteiger charge is -2.08. The van der Waals surface area contributed by atoms with Crippen LogP contribution in [0.2, 0.25) is 0 Å². The van der Waals surface area contributed by atoms with Gasteiger partial charge >= 0.3 is 0 Å². The maximum absolute atomic E-state index is 9.00. The molecule has 84 valence electrons. The summed E-state index contributed by atoms with van der Waals surface area (Å²) in [6.45, 7) is 3.08. The van der Waals surface area contributed by atoms with Crippen molar-refractivity contribution < 1.29 is 14.6 Å². The van der Waals surface area contributed by atoms with Crippen LogP contribution >= 0.6 is 0 Å². The van der Waals surface area contributed by atoms with Gasteiger partial charge in [0, 0.05) is 20.1 Å². The summed E-state index contributed by atoms with van der Waals surface area (Å²) in [7, 11) is 0. The van der Waals surface area contributed by atoms with Crippen molar-refractivity contribution in [3.05, 3.63) is 0 Å². The zero-order valence-electron chi connectivity index (χ0n) is 8.45. The summed E-state index contributed by atoms with van der Waals surface area (Å²) in [5.74, 6) is -1.17. The van der Waals surface area contributed by atoms with Gasteiger partial charge in [0.2, 0.25) is 0 Å². The number of nitrogens with two attached hydrogens (primary N) is 2. The number of carbonyl (C=O) groups is 1. The Kier molecular flexibility index (Phi) is 12.7. The molecule has 0 amide bonds.